The van der Waals surface area contributed by atoms with E-state index in [-0.39, 0.29) is 5.57 Å². The summed E-state index contributed by atoms with van der Waals surface area (Å²) in [6.07, 6.45) is 1.53. The summed E-state index contributed by atoms with van der Waals surface area (Å²) in [5.41, 5.74) is 4.51. The lowest BCUT2D eigenvalue weighted by molar-refractivity contribution is -0.112. The molecular formula is C31H24Br2N2O3. The van der Waals surface area contributed by atoms with Gasteiger partial charge in [0, 0.05) is 5.69 Å². The molecule has 0 radical (unpaired) electrons. The molecule has 190 valence electrons. The number of anilines is 1. The van der Waals surface area contributed by atoms with Gasteiger partial charge in [0.2, 0.25) is 0 Å². The fourth-order valence-corrected chi connectivity index (χ4v) is 4.98. The van der Waals surface area contributed by atoms with Gasteiger partial charge in [-0.3, -0.25) is 4.79 Å². The predicted molar refractivity (Wildman–Crippen MR) is 157 cm³/mol. The maximum absolute atomic E-state index is 12.8. The molecule has 1 amide bonds. The second kappa shape index (κ2) is 13.1. The summed E-state index contributed by atoms with van der Waals surface area (Å²) < 4.78 is 13.2. The van der Waals surface area contributed by atoms with E-state index in [0.29, 0.717) is 44.9 Å². The van der Waals surface area contributed by atoms with Gasteiger partial charge in [-0.2, -0.15) is 5.26 Å². The van der Waals surface area contributed by atoms with Gasteiger partial charge < -0.3 is 14.8 Å². The first-order valence-electron chi connectivity index (χ1n) is 11.8. The Morgan fingerprint density at radius 1 is 0.868 bits per heavy atom. The molecule has 7 heteroatoms. The van der Waals surface area contributed by atoms with E-state index in [1.54, 1.807) is 36.4 Å². The van der Waals surface area contributed by atoms with Crippen LogP contribution in [-0.4, -0.2) is 5.91 Å². The first-order chi connectivity index (χ1) is 18.4. The smallest absolute Gasteiger partial charge is 0.266 e. The second-order valence-electron chi connectivity index (χ2n) is 8.51. The van der Waals surface area contributed by atoms with Crippen molar-refractivity contribution >= 4 is 49.5 Å². The lowest BCUT2D eigenvalue weighted by Crippen LogP contribution is -2.13. The number of ether oxygens (including phenoxy) is 2. The topological polar surface area (TPSA) is 71.3 Å². The minimum Gasteiger partial charge on any atom is -0.489 e. The van der Waals surface area contributed by atoms with Gasteiger partial charge in [0.25, 0.3) is 5.91 Å². The molecule has 5 nitrogen and oxygen atoms in total. The molecule has 0 spiro atoms. The normalized spacial score (nSPS) is 10.9. The number of nitriles is 1. The standard InChI is InChI=1S/C31H24Br2N2O3/c1-21-7-9-23(10-8-21)20-38-30-28(32)16-24(17-29(30)33)15-25(18-34)31(36)35-26-11-13-27(14-12-26)37-19-22-5-3-2-4-6-22/h2-17H,19-20H2,1H3,(H,35,36)/b25-15+. The number of aryl methyl sites for hydroxylation is 1. The molecule has 0 heterocycles. The van der Waals surface area contributed by atoms with Crippen molar-refractivity contribution in [1.29, 1.82) is 5.26 Å². The average Bonchev–Trinajstić information content (AvgIpc) is 2.92. The van der Waals surface area contributed by atoms with E-state index >= 15 is 0 Å². The van der Waals surface area contributed by atoms with Gasteiger partial charge in [0.05, 0.1) is 8.95 Å². The van der Waals surface area contributed by atoms with Crippen molar-refractivity contribution in [2.45, 2.75) is 20.1 Å². The average molecular weight is 632 g/mol. The molecule has 0 unspecified atom stereocenters. The van der Waals surface area contributed by atoms with Crippen LogP contribution in [0.4, 0.5) is 5.69 Å². The van der Waals surface area contributed by atoms with Crippen molar-refractivity contribution in [3.63, 3.8) is 0 Å². The molecule has 4 aromatic carbocycles. The third kappa shape index (κ3) is 7.58. The molecule has 0 aromatic heterocycles. The number of amides is 1. The van der Waals surface area contributed by atoms with Crippen molar-refractivity contribution in [1.82, 2.24) is 0 Å². The lowest BCUT2D eigenvalue weighted by Gasteiger charge is -2.12. The SMILES string of the molecule is Cc1ccc(COc2c(Br)cc(/C=C(\C#N)C(=O)Nc3ccc(OCc4ccccc4)cc3)cc2Br)cc1. The first-order valence-corrected chi connectivity index (χ1v) is 13.4. The lowest BCUT2D eigenvalue weighted by atomic mass is 10.1. The van der Waals surface area contributed by atoms with Crippen molar-refractivity contribution in [3.8, 4) is 17.6 Å². The van der Waals surface area contributed by atoms with Crippen LogP contribution < -0.4 is 14.8 Å². The Morgan fingerprint density at radius 3 is 2.11 bits per heavy atom. The second-order valence-corrected chi connectivity index (χ2v) is 10.2. The fourth-order valence-electron chi connectivity index (χ4n) is 3.53. The maximum atomic E-state index is 12.8. The van der Waals surface area contributed by atoms with Crippen LogP contribution >= 0.6 is 31.9 Å². The Balaban J connectivity index is 1.39. The Morgan fingerprint density at radius 2 is 1.47 bits per heavy atom. The van der Waals surface area contributed by atoms with E-state index in [9.17, 15) is 10.1 Å². The Hall–Kier alpha value is -3.86. The molecule has 4 aromatic rings. The van der Waals surface area contributed by atoms with Crippen molar-refractivity contribution in [2.24, 2.45) is 0 Å². The Labute approximate surface area is 239 Å². The zero-order valence-corrected chi connectivity index (χ0v) is 23.8. The van der Waals surface area contributed by atoms with Crippen LogP contribution in [0.25, 0.3) is 6.08 Å². The highest BCUT2D eigenvalue weighted by Gasteiger charge is 2.13. The first kappa shape index (κ1) is 27.2. The molecule has 0 aliphatic rings. The number of carbonyl (C=O) groups is 1. The monoisotopic (exact) mass is 630 g/mol. The minimum atomic E-state index is -0.502. The van der Waals surface area contributed by atoms with E-state index < -0.39 is 5.91 Å². The van der Waals surface area contributed by atoms with Gasteiger partial charge in [-0.15, -0.1) is 0 Å². The highest BCUT2D eigenvalue weighted by molar-refractivity contribution is 9.11. The largest absolute Gasteiger partial charge is 0.489 e. The van der Waals surface area contributed by atoms with Crippen LogP contribution in [0.2, 0.25) is 0 Å². The third-order valence-corrected chi connectivity index (χ3v) is 6.74. The number of nitrogens with zero attached hydrogens (tertiary/aromatic N) is 1. The van der Waals surface area contributed by atoms with Gasteiger partial charge in [-0.25, -0.2) is 0 Å². The zero-order valence-electron chi connectivity index (χ0n) is 20.6. The Kier molecular flexibility index (Phi) is 9.36. The van der Waals surface area contributed by atoms with E-state index in [1.807, 2.05) is 67.6 Å². The van der Waals surface area contributed by atoms with Gasteiger partial charge in [0.1, 0.15) is 36.4 Å². The zero-order chi connectivity index (χ0) is 26.9. The summed E-state index contributed by atoms with van der Waals surface area (Å²) in [4.78, 5) is 12.8. The quantitative estimate of drug-likeness (QED) is 0.149. The Bertz CT molecular complexity index is 1450. The number of rotatable bonds is 9. The van der Waals surface area contributed by atoms with Crippen molar-refractivity contribution in [2.75, 3.05) is 5.32 Å². The molecule has 0 aliphatic heterocycles. The number of hydrogen-bond acceptors (Lipinski definition) is 4. The molecular weight excluding hydrogens is 608 g/mol. The summed E-state index contributed by atoms with van der Waals surface area (Å²) in [6.45, 7) is 2.90. The summed E-state index contributed by atoms with van der Waals surface area (Å²) in [5.74, 6) is 0.819. The number of halogens is 2. The molecule has 0 saturated heterocycles. The summed E-state index contributed by atoms with van der Waals surface area (Å²) in [7, 11) is 0. The van der Waals surface area contributed by atoms with Crippen LogP contribution in [-0.2, 0) is 18.0 Å². The maximum Gasteiger partial charge on any atom is 0.266 e. The molecule has 0 atom stereocenters. The predicted octanol–water partition coefficient (Wildman–Crippen LogP) is 8.22. The summed E-state index contributed by atoms with van der Waals surface area (Å²) >= 11 is 7.08. The molecule has 0 aliphatic carbocycles. The third-order valence-electron chi connectivity index (χ3n) is 5.56. The van der Waals surface area contributed by atoms with Crippen molar-refractivity contribution in [3.05, 3.63) is 128 Å². The van der Waals surface area contributed by atoms with Crippen LogP contribution in [0, 0.1) is 18.3 Å². The number of nitrogens with one attached hydrogen (secondary N) is 1. The highest BCUT2D eigenvalue weighted by Crippen LogP contribution is 2.36. The van der Waals surface area contributed by atoms with E-state index in [0.717, 1.165) is 11.1 Å². The molecule has 4 rings (SSSR count). The molecule has 38 heavy (non-hydrogen) atoms. The molecule has 0 bridgehead atoms. The van der Waals surface area contributed by atoms with Crippen LogP contribution in [0.1, 0.15) is 22.3 Å². The van der Waals surface area contributed by atoms with Gasteiger partial charge >= 0.3 is 0 Å². The van der Waals surface area contributed by atoms with Gasteiger partial charge in [-0.05, 0) is 97.9 Å². The van der Waals surface area contributed by atoms with Crippen LogP contribution in [0.15, 0.2) is 106 Å². The van der Waals surface area contributed by atoms with E-state index in [4.69, 9.17) is 9.47 Å². The molecule has 0 fully saturated rings. The van der Waals surface area contributed by atoms with Gasteiger partial charge in [-0.1, -0.05) is 60.2 Å². The van der Waals surface area contributed by atoms with Crippen LogP contribution in [0.3, 0.4) is 0 Å². The summed E-state index contributed by atoms with van der Waals surface area (Å²) in [5, 5.41) is 12.4. The highest BCUT2D eigenvalue weighted by atomic mass is 79.9. The van der Waals surface area contributed by atoms with Crippen molar-refractivity contribution < 1.29 is 14.3 Å². The van der Waals surface area contributed by atoms with E-state index in [1.165, 1.54) is 11.6 Å². The molecule has 1 N–H and O–H groups in total. The number of hydrogen-bond donors (Lipinski definition) is 1. The number of benzene rings is 4. The van der Waals surface area contributed by atoms with Gasteiger partial charge in [0.15, 0.2) is 0 Å². The van der Waals surface area contributed by atoms with E-state index in [2.05, 4.69) is 37.2 Å². The van der Waals surface area contributed by atoms with Crippen LogP contribution in [0.5, 0.6) is 11.5 Å². The number of carbonyl (C=O) groups excluding carboxylic acids is 1. The molecule has 0 saturated carbocycles. The fraction of sp³-hybridized carbons (Fsp3) is 0.0968. The summed E-state index contributed by atoms with van der Waals surface area (Å²) in [6, 6.07) is 30.6. The minimum absolute atomic E-state index is 0.0264.